The monoisotopic (exact) mass is 547 g/mol. The van der Waals surface area contributed by atoms with Gasteiger partial charge in [0.05, 0.1) is 12.0 Å². The van der Waals surface area contributed by atoms with Crippen molar-refractivity contribution in [3.05, 3.63) is 69.9 Å². The zero-order chi connectivity index (χ0) is 27.6. The summed E-state index contributed by atoms with van der Waals surface area (Å²) in [5, 5.41) is 7.88. The lowest BCUT2D eigenvalue weighted by molar-refractivity contribution is -0.136. The number of benzene rings is 1. The quantitative estimate of drug-likeness (QED) is 0.371. The van der Waals surface area contributed by atoms with Crippen LogP contribution in [0.15, 0.2) is 41.6 Å². The summed E-state index contributed by atoms with van der Waals surface area (Å²) in [5.41, 5.74) is -3.10. The van der Waals surface area contributed by atoms with Crippen LogP contribution in [0.4, 0.5) is 22.0 Å². The van der Waals surface area contributed by atoms with Gasteiger partial charge in [0.25, 0.3) is 11.5 Å². The second kappa shape index (κ2) is 8.97. The Balaban J connectivity index is 1.46. The number of likely N-dealkylation sites (tertiary alicyclic amines) is 1. The Morgan fingerprint density at radius 1 is 1.10 bits per heavy atom. The Bertz CT molecular complexity index is 1590. The van der Waals surface area contributed by atoms with Crippen molar-refractivity contribution in [1.82, 2.24) is 34.2 Å². The van der Waals surface area contributed by atoms with E-state index in [0.29, 0.717) is 23.8 Å². The Morgan fingerprint density at radius 2 is 1.85 bits per heavy atom. The Hall–Kier alpha value is -3.61. The molecule has 0 radical (unpaired) electrons. The fraction of sp³-hybridized carbons (Fsp3) is 0.462. The summed E-state index contributed by atoms with van der Waals surface area (Å²) in [6.45, 7) is 1.94. The molecule has 1 aromatic carbocycles. The standard InChI is InChI=1S/C26H26F5N7O/c1-36-15-32-35-23(36)24(13-25(27,28)14-24)16-6-5-7-17(10-16)38-11-18(26(29,30)31)20-21(22(38)39)34-19(33-20)12-37-8-3-2-4-9-37/h5-7,10-11,15H,2-4,8-9,12-14H2,1H3,(H,33,34). The number of hydrogen-bond donors (Lipinski definition) is 1. The highest BCUT2D eigenvalue weighted by Crippen LogP contribution is 2.56. The third kappa shape index (κ3) is 4.42. The van der Waals surface area contributed by atoms with Crippen molar-refractivity contribution >= 4 is 11.0 Å². The fourth-order valence-corrected chi connectivity index (χ4v) is 5.94. The number of alkyl halides is 5. The lowest BCUT2D eigenvalue weighted by atomic mass is 9.61. The molecule has 13 heteroatoms. The van der Waals surface area contributed by atoms with Crippen LogP contribution in [0.5, 0.6) is 0 Å². The zero-order valence-corrected chi connectivity index (χ0v) is 21.1. The van der Waals surface area contributed by atoms with Crippen molar-refractivity contribution in [2.75, 3.05) is 13.1 Å². The van der Waals surface area contributed by atoms with Crippen LogP contribution in [0.1, 0.15) is 54.9 Å². The van der Waals surface area contributed by atoms with Crippen LogP contribution in [-0.2, 0) is 25.2 Å². The van der Waals surface area contributed by atoms with Gasteiger partial charge in [0.2, 0.25) is 0 Å². The van der Waals surface area contributed by atoms with Crippen LogP contribution in [0.25, 0.3) is 16.7 Å². The molecule has 1 aliphatic heterocycles. The van der Waals surface area contributed by atoms with E-state index in [4.69, 9.17) is 0 Å². The molecule has 4 aromatic rings. The number of hydrogen-bond acceptors (Lipinski definition) is 5. The van der Waals surface area contributed by atoms with Gasteiger partial charge in [0.15, 0.2) is 0 Å². The highest BCUT2D eigenvalue weighted by atomic mass is 19.4. The molecule has 0 atom stereocenters. The van der Waals surface area contributed by atoms with Crippen molar-refractivity contribution in [3.8, 4) is 5.69 Å². The second-order valence-electron chi connectivity index (χ2n) is 10.6. The predicted octanol–water partition coefficient (Wildman–Crippen LogP) is 4.56. The zero-order valence-electron chi connectivity index (χ0n) is 21.1. The van der Waals surface area contributed by atoms with Crippen molar-refractivity contribution in [1.29, 1.82) is 0 Å². The molecule has 0 amide bonds. The lowest BCUT2D eigenvalue weighted by Crippen LogP contribution is -2.51. The number of aryl methyl sites for hydroxylation is 1. The van der Waals surface area contributed by atoms with Gasteiger partial charge in [-0.25, -0.2) is 13.8 Å². The van der Waals surface area contributed by atoms with E-state index in [1.165, 1.54) is 24.5 Å². The molecule has 2 fully saturated rings. The van der Waals surface area contributed by atoms with Gasteiger partial charge < -0.3 is 9.55 Å². The fourth-order valence-electron chi connectivity index (χ4n) is 5.94. The molecule has 0 bridgehead atoms. The summed E-state index contributed by atoms with van der Waals surface area (Å²) in [6, 6.07) is 6.11. The Morgan fingerprint density at radius 3 is 2.49 bits per heavy atom. The minimum Gasteiger partial charge on any atom is -0.336 e. The molecular formula is C26H26F5N7O. The number of nitrogens with one attached hydrogen (secondary N) is 1. The number of aromatic nitrogens is 6. The van der Waals surface area contributed by atoms with E-state index in [1.54, 1.807) is 17.7 Å². The first-order valence-electron chi connectivity index (χ1n) is 12.7. The summed E-state index contributed by atoms with van der Waals surface area (Å²) in [6.07, 6.45) is -0.591. The molecule has 1 saturated carbocycles. The number of halogens is 5. The van der Waals surface area contributed by atoms with Crippen LogP contribution >= 0.6 is 0 Å². The number of fused-ring (bicyclic) bond motifs is 1. The van der Waals surface area contributed by atoms with Crippen LogP contribution < -0.4 is 5.56 Å². The maximum atomic E-state index is 14.2. The first-order valence-corrected chi connectivity index (χ1v) is 12.7. The third-order valence-corrected chi connectivity index (χ3v) is 7.76. The summed E-state index contributed by atoms with van der Waals surface area (Å²) < 4.78 is 73.4. The molecule has 1 aliphatic carbocycles. The smallest absolute Gasteiger partial charge is 0.336 e. The van der Waals surface area contributed by atoms with E-state index in [2.05, 4.69) is 25.1 Å². The highest BCUT2D eigenvalue weighted by Gasteiger charge is 2.60. The number of pyridine rings is 1. The topological polar surface area (TPSA) is 84.6 Å². The van der Waals surface area contributed by atoms with E-state index in [-0.39, 0.29) is 11.2 Å². The third-order valence-electron chi connectivity index (χ3n) is 7.76. The molecular weight excluding hydrogens is 521 g/mol. The van der Waals surface area contributed by atoms with Gasteiger partial charge in [0.1, 0.15) is 34.6 Å². The van der Waals surface area contributed by atoms with Crippen LogP contribution in [-0.4, -0.2) is 53.2 Å². The van der Waals surface area contributed by atoms with Gasteiger partial charge >= 0.3 is 6.18 Å². The molecule has 1 saturated heterocycles. The highest BCUT2D eigenvalue weighted by molar-refractivity contribution is 5.79. The number of imidazole rings is 1. The van der Waals surface area contributed by atoms with Gasteiger partial charge in [-0.15, -0.1) is 10.2 Å². The first kappa shape index (κ1) is 25.7. The minimum absolute atomic E-state index is 0.119. The molecule has 3 aromatic heterocycles. The number of piperidine rings is 1. The predicted molar refractivity (Wildman–Crippen MR) is 132 cm³/mol. The minimum atomic E-state index is -4.78. The lowest BCUT2D eigenvalue weighted by Gasteiger charge is -2.46. The Labute approximate surface area is 219 Å². The summed E-state index contributed by atoms with van der Waals surface area (Å²) >= 11 is 0. The SMILES string of the molecule is Cn1cnnc1C1(c2cccc(-n3cc(C(F)(F)F)c4nc(CN5CCCCC5)[nH]c4c3=O)c2)CC(F)(F)C1. The largest absolute Gasteiger partial charge is 0.419 e. The first-order chi connectivity index (χ1) is 18.5. The van der Waals surface area contributed by atoms with Crippen LogP contribution in [0, 0.1) is 0 Å². The number of nitrogens with zero attached hydrogens (tertiary/aromatic N) is 6. The van der Waals surface area contributed by atoms with E-state index < -0.39 is 47.0 Å². The van der Waals surface area contributed by atoms with Gasteiger partial charge in [-0.2, -0.15) is 13.2 Å². The Kier molecular flexibility index (Phi) is 5.90. The van der Waals surface area contributed by atoms with Gasteiger partial charge in [0, 0.05) is 31.8 Å². The van der Waals surface area contributed by atoms with E-state index >= 15 is 0 Å². The molecule has 2 aliphatic rings. The normalized spacial score (nSPS) is 19.3. The number of H-pyrrole nitrogens is 1. The molecule has 0 unspecified atom stereocenters. The molecule has 0 spiro atoms. The molecule has 8 nitrogen and oxygen atoms in total. The van der Waals surface area contributed by atoms with E-state index in [0.717, 1.165) is 43.1 Å². The second-order valence-corrected chi connectivity index (χ2v) is 10.6. The van der Waals surface area contributed by atoms with Gasteiger partial charge in [-0.05, 0) is 43.6 Å². The number of aromatic amines is 1. The molecule has 206 valence electrons. The van der Waals surface area contributed by atoms with Crippen LogP contribution in [0.3, 0.4) is 0 Å². The maximum absolute atomic E-state index is 14.2. The van der Waals surface area contributed by atoms with Gasteiger partial charge in [-0.1, -0.05) is 18.6 Å². The summed E-state index contributed by atoms with van der Waals surface area (Å²) in [4.78, 5) is 22.6. The van der Waals surface area contributed by atoms with Crippen LogP contribution in [0.2, 0.25) is 0 Å². The van der Waals surface area contributed by atoms with Gasteiger partial charge in [-0.3, -0.25) is 14.3 Å². The van der Waals surface area contributed by atoms with E-state index in [1.807, 2.05) is 0 Å². The van der Waals surface area contributed by atoms with Crippen molar-refractivity contribution < 1.29 is 22.0 Å². The average Bonchev–Trinajstić information content (AvgIpc) is 3.49. The molecule has 6 rings (SSSR count). The van der Waals surface area contributed by atoms with Crippen molar-refractivity contribution in [2.45, 2.75) is 56.2 Å². The molecule has 4 heterocycles. The average molecular weight is 548 g/mol. The summed E-state index contributed by atoms with van der Waals surface area (Å²) in [5.74, 6) is -2.32. The van der Waals surface area contributed by atoms with E-state index in [9.17, 15) is 26.7 Å². The molecule has 1 N–H and O–H groups in total. The maximum Gasteiger partial charge on any atom is 0.419 e. The van der Waals surface area contributed by atoms with Crippen molar-refractivity contribution in [2.24, 2.45) is 7.05 Å². The number of rotatable bonds is 5. The van der Waals surface area contributed by atoms with Crippen molar-refractivity contribution in [3.63, 3.8) is 0 Å². The molecule has 39 heavy (non-hydrogen) atoms. The summed E-state index contributed by atoms with van der Waals surface area (Å²) in [7, 11) is 1.64.